The molecule has 0 unspecified atom stereocenters. The lowest BCUT2D eigenvalue weighted by atomic mass is 10.0. The third-order valence-electron chi connectivity index (χ3n) is 3.55. The molecule has 1 fully saturated rings. The Morgan fingerprint density at radius 1 is 1.38 bits per heavy atom. The van der Waals surface area contributed by atoms with Crippen LogP contribution in [0.5, 0.6) is 0 Å². The van der Waals surface area contributed by atoms with Crippen LogP contribution in [0.15, 0.2) is 23.1 Å². The van der Waals surface area contributed by atoms with E-state index in [-0.39, 0.29) is 28.3 Å². The van der Waals surface area contributed by atoms with Crippen LogP contribution in [0.1, 0.15) is 31.2 Å². The molecule has 0 aromatic heterocycles. The van der Waals surface area contributed by atoms with Gasteiger partial charge in [0.25, 0.3) is 0 Å². The lowest BCUT2D eigenvalue weighted by Crippen LogP contribution is -2.52. The number of carbonyl (C=O) groups is 1. The second kappa shape index (κ2) is 5.64. The number of carboxylic acid groups (broad SMARTS) is 1. The van der Waals surface area contributed by atoms with E-state index >= 15 is 0 Å². The van der Waals surface area contributed by atoms with Crippen LogP contribution in [0, 0.1) is 11.3 Å². The van der Waals surface area contributed by atoms with Crippen LogP contribution < -0.4 is 4.72 Å². The smallest absolute Gasteiger partial charge is 0.324 e. The van der Waals surface area contributed by atoms with Gasteiger partial charge in [-0.25, -0.2) is 8.42 Å². The molecule has 2 N–H and O–H groups in total. The highest BCUT2D eigenvalue weighted by Crippen LogP contribution is 2.33. The van der Waals surface area contributed by atoms with Gasteiger partial charge in [0, 0.05) is 0 Å². The zero-order valence-electron chi connectivity index (χ0n) is 11.0. The minimum absolute atomic E-state index is 0.0555. The molecular weight excluding hydrogens is 316 g/mol. The number of hydrogen-bond acceptors (Lipinski definition) is 4. The number of hydrogen-bond donors (Lipinski definition) is 2. The first-order valence-corrected chi connectivity index (χ1v) is 8.14. The van der Waals surface area contributed by atoms with Gasteiger partial charge in [0.15, 0.2) is 0 Å². The van der Waals surface area contributed by atoms with Gasteiger partial charge in [-0.3, -0.25) is 4.79 Å². The van der Waals surface area contributed by atoms with Gasteiger partial charge in [-0.2, -0.15) is 9.98 Å². The maximum atomic E-state index is 12.4. The predicted octanol–water partition coefficient (Wildman–Crippen LogP) is 1.89. The number of nitriles is 1. The Bertz CT molecular complexity index is 718. The molecule has 0 amide bonds. The fraction of sp³-hybridized carbons (Fsp3) is 0.385. The summed E-state index contributed by atoms with van der Waals surface area (Å²) in [6.07, 6.45) is 1.75. The molecule has 1 aromatic rings. The van der Waals surface area contributed by atoms with Gasteiger partial charge in [0.2, 0.25) is 10.0 Å². The van der Waals surface area contributed by atoms with Gasteiger partial charge in [-0.05, 0) is 31.0 Å². The molecular formula is C13H13ClN2O4S. The molecule has 0 spiro atoms. The fourth-order valence-corrected chi connectivity index (χ4v) is 4.37. The van der Waals surface area contributed by atoms with E-state index in [9.17, 15) is 18.3 Å². The zero-order chi connectivity index (χ0) is 15.7. The van der Waals surface area contributed by atoms with Crippen molar-refractivity contribution in [2.45, 2.75) is 36.1 Å². The van der Waals surface area contributed by atoms with Crippen molar-refractivity contribution in [2.24, 2.45) is 0 Å². The quantitative estimate of drug-likeness (QED) is 0.877. The van der Waals surface area contributed by atoms with E-state index in [1.54, 1.807) is 0 Å². The Hall–Kier alpha value is -1.62. The first kappa shape index (κ1) is 15.8. The molecule has 1 aliphatic rings. The molecule has 1 aromatic carbocycles. The molecule has 21 heavy (non-hydrogen) atoms. The highest BCUT2D eigenvalue weighted by molar-refractivity contribution is 7.89. The fourth-order valence-electron chi connectivity index (χ4n) is 2.43. The van der Waals surface area contributed by atoms with Crippen molar-refractivity contribution >= 4 is 27.6 Å². The number of nitrogens with one attached hydrogen (secondary N) is 1. The molecule has 112 valence electrons. The molecule has 8 heteroatoms. The Morgan fingerprint density at radius 2 is 2.00 bits per heavy atom. The standard InChI is InChI=1S/C13H13ClN2O4S/c14-10-4-3-9(8-15)7-11(10)21(19,20)16-13(12(17)18)5-1-2-6-13/h3-4,7,16H,1-2,5-6H2,(H,17,18). The van der Waals surface area contributed by atoms with Crippen LogP contribution in [0.2, 0.25) is 5.02 Å². The predicted molar refractivity (Wildman–Crippen MR) is 75.3 cm³/mol. The summed E-state index contributed by atoms with van der Waals surface area (Å²) in [5, 5.41) is 18.1. The Balaban J connectivity index is 2.43. The molecule has 0 bridgehead atoms. The first-order valence-electron chi connectivity index (χ1n) is 6.28. The summed E-state index contributed by atoms with van der Waals surface area (Å²) in [6.45, 7) is 0. The Morgan fingerprint density at radius 3 is 2.52 bits per heavy atom. The van der Waals surface area contributed by atoms with Crippen LogP contribution in [0.25, 0.3) is 0 Å². The lowest BCUT2D eigenvalue weighted by molar-refractivity contribution is -0.143. The van der Waals surface area contributed by atoms with Crippen LogP contribution in [-0.2, 0) is 14.8 Å². The van der Waals surface area contributed by atoms with Gasteiger partial charge in [0.1, 0.15) is 10.4 Å². The third-order valence-corrected chi connectivity index (χ3v) is 5.56. The number of sulfonamides is 1. The second-order valence-corrected chi connectivity index (χ2v) is 7.01. The van der Waals surface area contributed by atoms with Crippen molar-refractivity contribution in [3.05, 3.63) is 28.8 Å². The summed E-state index contributed by atoms with van der Waals surface area (Å²) in [4.78, 5) is 11.1. The average molecular weight is 329 g/mol. The van der Waals surface area contributed by atoms with E-state index in [4.69, 9.17) is 16.9 Å². The Kier molecular flexibility index (Phi) is 4.23. The monoisotopic (exact) mass is 328 g/mol. The number of carboxylic acids is 1. The van der Waals surface area contributed by atoms with Crippen LogP contribution >= 0.6 is 11.6 Å². The van der Waals surface area contributed by atoms with E-state index < -0.39 is 21.5 Å². The SMILES string of the molecule is N#Cc1ccc(Cl)c(S(=O)(=O)NC2(C(=O)O)CCCC2)c1. The van der Waals surface area contributed by atoms with Gasteiger partial charge < -0.3 is 5.11 Å². The summed E-state index contributed by atoms with van der Waals surface area (Å²) in [6, 6.07) is 5.65. The molecule has 0 atom stereocenters. The third kappa shape index (κ3) is 3.02. The van der Waals surface area contributed by atoms with Crippen molar-refractivity contribution in [1.82, 2.24) is 4.72 Å². The molecule has 0 radical (unpaired) electrons. The molecule has 1 saturated carbocycles. The lowest BCUT2D eigenvalue weighted by Gasteiger charge is -2.25. The highest BCUT2D eigenvalue weighted by Gasteiger charge is 2.45. The molecule has 0 saturated heterocycles. The topological polar surface area (TPSA) is 107 Å². The average Bonchev–Trinajstić information content (AvgIpc) is 2.88. The molecule has 6 nitrogen and oxygen atoms in total. The van der Waals surface area contributed by atoms with Crippen LogP contribution in [-0.4, -0.2) is 25.0 Å². The minimum atomic E-state index is -4.12. The van der Waals surface area contributed by atoms with E-state index in [0.717, 1.165) is 6.07 Å². The van der Waals surface area contributed by atoms with E-state index in [1.165, 1.54) is 12.1 Å². The van der Waals surface area contributed by atoms with Gasteiger partial charge in [-0.1, -0.05) is 24.4 Å². The van der Waals surface area contributed by atoms with Crippen molar-refractivity contribution in [3.63, 3.8) is 0 Å². The van der Waals surface area contributed by atoms with Crippen LogP contribution in [0.3, 0.4) is 0 Å². The molecule has 0 heterocycles. The zero-order valence-corrected chi connectivity index (χ0v) is 12.5. The van der Waals surface area contributed by atoms with Crippen LogP contribution in [0.4, 0.5) is 0 Å². The van der Waals surface area contributed by atoms with E-state index in [2.05, 4.69) is 4.72 Å². The van der Waals surface area contributed by atoms with Crippen molar-refractivity contribution in [2.75, 3.05) is 0 Å². The van der Waals surface area contributed by atoms with Crippen molar-refractivity contribution in [3.8, 4) is 6.07 Å². The summed E-state index contributed by atoms with van der Waals surface area (Å²) in [5.41, 5.74) is -1.36. The van der Waals surface area contributed by atoms with E-state index in [1.807, 2.05) is 6.07 Å². The van der Waals surface area contributed by atoms with Gasteiger partial charge in [-0.15, -0.1) is 0 Å². The van der Waals surface area contributed by atoms with E-state index in [0.29, 0.717) is 12.8 Å². The first-order chi connectivity index (χ1) is 9.81. The second-order valence-electron chi connectivity index (χ2n) is 4.96. The molecule has 1 aliphatic carbocycles. The number of rotatable bonds is 4. The van der Waals surface area contributed by atoms with Crippen molar-refractivity contribution in [1.29, 1.82) is 5.26 Å². The Labute approximate surface area is 127 Å². The molecule has 2 rings (SSSR count). The number of benzene rings is 1. The largest absolute Gasteiger partial charge is 0.480 e. The summed E-state index contributed by atoms with van der Waals surface area (Å²) in [5.74, 6) is -1.20. The maximum Gasteiger partial charge on any atom is 0.324 e. The summed E-state index contributed by atoms with van der Waals surface area (Å²) in [7, 11) is -4.12. The maximum absolute atomic E-state index is 12.4. The molecule has 0 aliphatic heterocycles. The normalized spacial score (nSPS) is 17.3. The number of halogens is 1. The number of nitrogens with zero attached hydrogens (tertiary/aromatic N) is 1. The number of aliphatic carboxylic acids is 1. The van der Waals surface area contributed by atoms with Gasteiger partial charge >= 0.3 is 5.97 Å². The highest BCUT2D eigenvalue weighted by atomic mass is 35.5. The summed E-state index contributed by atoms with van der Waals surface area (Å²) >= 11 is 5.87. The van der Waals surface area contributed by atoms with Gasteiger partial charge in [0.05, 0.1) is 16.7 Å². The minimum Gasteiger partial charge on any atom is -0.480 e. The van der Waals surface area contributed by atoms with Crippen molar-refractivity contribution < 1.29 is 18.3 Å². The summed E-state index contributed by atoms with van der Waals surface area (Å²) < 4.78 is 27.1.